The number of anilines is 1. The summed E-state index contributed by atoms with van der Waals surface area (Å²) in [5, 5.41) is 11.1. The van der Waals surface area contributed by atoms with Gasteiger partial charge in [0.15, 0.2) is 5.82 Å². The highest BCUT2D eigenvalue weighted by molar-refractivity contribution is 7.80. The largest absolute Gasteiger partial charge is 0.389 e. The Labute approximate surface area is 101 Å². The minimum absolute atomic E-state index is 0.354. The number of nitrogens with two attached hydrogens (primary N) is 1. The van der Waals surface area contributed by atoms with Gasteiger partial charge in [0, 0.05) is 6.54 Å². The van der Waals surface area contributed by atoms with Crippen molar-refractivity contribution >= 4 is 23.0 Å². The predicted molar refractivity (Wildman–Crippen MR) is 68.3 cm³/mol. The summed E-state index contributed by atoms with van der Waals surface area (Å²) in [7, 11) is 0. The van der Waals surface area contributed by atoms with Gasteiger partial charge in [-0.3, -0.25) is 0 Å². The Hall–Kier alpha value is -1.23. The number of nitrogens with one attached hydrogen (secondary N) is 1. The zero-order valence-corrected chi connectivity index (χ0v) is 10.3. The molecule has 1 heterocycles. The van der Waals surface area contributed by atoms with Crippen LogP contribution in [0.15, 0.2) is 12.3 Å². The summed E-state index contributed by atoms with van der Waals surface area (Å²) in [4.78, 5) is 0.354. The first kappa shape index (κ1) is 11.3. The topological polar surface area (TPSA) is 63.8 Å². The summed E-state index contributed by atoms with van der Waals surface area (Å²) in [6.45, 7) is 5.44. The quantitative estimate of drug-likeness (QED) is 0.777. The molecule has 2 rings (SSSR count). The molecule has 0 aliphatic heterocycles. The first-order valence-corrected chi connectivity index (χ1v) is 5.77. The third-order valence-electron chi connectivity index (χ3n) is 3.22. The second-order valence-corrected chi connectivity index (χ2v) is 5.37. The fourth-order valence-electron chi connectivity index (χ4n) is 1.81. The molecule has 0 amide bonds. The molecule has 1 aromatic rings. The SMILES string of the molecule is CC1(C)CC1CNc1nnccc1C(N)=S. The van der Waals surface area contributed by atoms with Crippen LogP contribution in [-0.4, -0.2) is 21.7 Å². The van der Waals surface area contributed by atoms with Gasteiger partial charge in [0.05, 0.1) is 11.8 Å². The highest BCUT2D eigenvalue weighted by atomic mass is 32.1. The van der Waals surface area contributed by atoms with Crippen LogP contribution in [0.25, 0.3) is 0 Å². The van der Waals surface area contributed by atoms with E-state index in [1.807, 2.05) is 0 Å². The summed E-state index contributed by atoms with van der Waals surface area (Å²) in [5.41, 5.74) is 6.84. The van der Waals surface area contributed by atoms with Gasteiger partial charge in [0.2, 0.25) is 0 Å². The molecule has 5 heteroatoms. The fraction of sp³-hybridized carbons (Fsp3) is 0.545. The van der Waals surface area contributed by atoms with Gasteiger partial charge in [-0.15, -0.1) is 5.10 Å². The zero-order valence-electron chi connectivity index (χ0n) is 9.53. The van der Waals surface area contributed by atoms with Crippen LogP contribution in [0, 0.1) is 11.3 Å². The molecule has 3 N–H and O–H groups in total. The van der Waals surface area contributed by atoms with Crippen LogP contribution < -0.4 is 11.1 Å². The highest BCUT2D eigenvalue weighted by Gasteiger charge is 2.45. The van der Waals surface area contributed by atoms with Crippen molar-refractivity contribution in [3.05, 3.63) is 17.8 Å². The van der Waals surface area contributed by atoms with Gasteiger partial charge in [-0.05, 0) is 23.8 Å². The Kier molecular flexibility index (Phi) is 2.80. The second-order valence-electron chi connectivity index (χ2n) is 4.93. The van der Waals surface area contributed by atoms with E-state index in [1.54, 1.807) is 12.3 Å². The third-order valence-corrected chi connectivity index (χ3v) is 3.44. The van der Waals surface area contributed by atoms with E-state index in [0.29, 0.717) is 22.1 Å². The molecule has 1 saturated carbocycles. The lowest BCUT2D eigenvalue weighted by molar-refractivity contribution is 0.572. The first-order valence-electron chi connectivity index (χ1n) is 5.36. The van der Waals surface area contributed by atoms with Crippen LogP contribution in [0.3, 0.4) is 0 Å². The minimum atomic E-state index is 0.354. The van der Waals surface area contributed by atoms with Crippen molar-refractivity contribution in [1.29, 1.82) is 0 Å². The molecule has 4 nitrogen and oxygen atoms in total. The van der Waals surface area contributed by atoms with Crippen molar-refractivity contribution in [3.63, 3.8) is 0 Å². The number of hydrogen-bond donors (Lipinski definition) is 2. The number of aromatic nitrogens is 2. The number of thiocarbonyl (C=S) groups is 1. The lowest BCUT2D eigenvalue weighted by Gasteiger charge is -2.09. The van der Waals surface area contributed by atoms with Gasteiger partial charge in [-0.25, -0.2) is 0 Å². The van der Waals surface area contributed by atoms with E-state index in [1.165, 1.54) is 6.42 Å². The minimum Gasteiger partial charge on any atom is -0.389 e. The molecule has 0 saturated heterocycles. The summed E-state index contributed by atoms with van der Waals surface area (Å²) in [5.74, 6) is 1.39. The van der Waals surface area contributed by atoms with Gasteiger partial charge in [-0.1, -0.05) is 26.1 Å². The maximum absolute atomic E-state index is 5.61. The van der Waals surface area contributed by atoms with E-state index in [-0.39, 0.29) is 0 Å². The second kappa shape index (κ2) is 3.97. The Morgan fingerprint density at radius 3 is 2.94 bits per heavy atom. The van der Waals surface area contributed by atoms with Crippen LogP contribution in [0.4, 0.5) is 5.82 Å². The molecule has 1 atom stereocenters. The molecule has 1 aromatic heterocycles. The van der Waals surface area contributed by atoms with Gasteiger partial charge >= 0.3 is 0 Å². The van der Waals surface area contributed by atoms with Crippen molar-refractivity contribution in [2.24, 2.45) is 17.1 Å². The van der Waals surface area contributed by atoms with Crippen LogP contribution in [-0.2, 0) is 0 Å². The third kappa shape index (κ3) is 2.29. The zero-order chi connectivity index (χ0) is 11.8. The lowest BCUT2D eigenvalue weighted by atomic mass is 10.1. The maximum Gasteiger partial charge on any atom is 0.158 e. The van der Waals surface area contributed by atoms with Crippen molar-refractivity contribution < 1.29 is 0 Å². The molecule has 0 bridgehead atoms. The monoisotopic (exact) mass is 236 g/mol. The Balaban J connectivity index is 2.02. The van der Waals surface area contributed by atoms with Gasteiger partial charge in [0.1, 0.15) is 4.99 Å². The Bertz CT molecular complexity index is 416. The fourth-order valence-corrected chi connectivity index (χ4v) is 1.97. The molecule has 0 spiro atoms. The standard InChI is InChI=1S/C11H16N4S/c1-11(2)5-7(11)6-13-10-8(9(12)16)3-4-14-15-10/h3-4,7H,5-6H2,1-2H3,(H2,12,16)(H,13,15). The maximum atomic E-state index is 5.61. The predicted octanol–water partition coefficient (Wildman–Crippen LogP) is 1.57. The molecule has 0 radical (unpaired) electrons. The highest BCUT2D eigenvalue weighted by Crippen LogP contribution is 2.51. The van der Waals surface area contributed by atoms with Crippen molar-refractivity contribution in [2.75, 3.05) is 11.9 Å². The molecule has 1 fully saturated rings. The number of nitrogens with zero attached hydrogens (tertiary/aromatic N) is 2. The molecular weight excluding hydrogens is 220 g/mol. The van der Waals surface area contributed by atoms with Crippen molar-refractivity contribution in [1.82, 2.24) is 10.2 Å². The van der Waals surface area contributed by atoms with E-state index in [2.05, 4.69) is 29.4 Å². The summed E-state index contributed by atoms with van der Waals surface area (Å²) >= 11 is 4.96. The van der Waals surface area contributed by atoms with Crippen LogP contribution in [0.5, 0.6) is 0 Å². The molecule has 0 aromatic carbocycles. The van der Waals surface area contributed by atoms with Gasteiger partial charge < -0.3 is 11.1 Å². The summed E-state index contributed by atoms with van der Waals surface area (Å²) in [6, 6.07) is 1.79. The molecular formula is C11H16N4S. The summed E-state index contributed by atoms with van der Waals surface area (Å²) < 4.78 is 0. The van der Waals surface area contributed by atoms with Crippen LogP contribution >= 0.6 is 12.2 Å². The van der Waals surface area contributed by atoms with Crippen LogP contribution in [0.1, 0.15) is 25.8 Å². The normalized spacial score (nSPS) is 21.5. The molecule has 1 aliphatic carbocycles. The van der Waals surface area contributed by atoms with E-state index < -0.39 is 0 Å². The summed E-state index contributed by atoms with van der Waals surface area (Å²) in [6.07, 6.45) is 2.85. The van der Waals surface area contributed by atoms with Gasteiger partial charge in [-0.2, -0.15) is 5.10 Å². The van der Waals surface area contributed by atoms with Crippen LogP contribution in [0.2, 0.25) is 0 Å². The van der Waals surface area contributed by atoms with Crippen molar-refractivity contribution in [2.45, 2.75) is 20.3 Å². The van der Waals surface area contributed by atoms with E-state index in [9.17, 15) is 0 Å². The molecule has 16 heavy (non-hydrogen) atoms. The molecule has 86 valence electrons. The van der Waals surface area contributed by atoms with E-state index in [4.69, 9.17) is 18.0 Å². The number of hydrogen-bond acceptors (Lipinski definition) is 4. The number of rotatable bonds is 4. The molecule has 1 unspecified atom stereocenters. The lowest BCUT2D eigenvalue weighted by Crippen LogP contribution is -2.16. The van der Waals surface area contributed by atoms with Gasteiger partial charge in [0.25, 0.3) is 0 Å². The van der Waals surface area contributed by atoms with E-state index >= 15 is 0 Å². The first-order chi connectivity index (χ1) is 7.50. The van der Waals surface area contributed by atoms with E-state index in [0.717, 1.165) is 12.1 Å². The molecule has 1 aliphatic rings. The van der Waals surface area contributed by atoms with Crippen molar-refractivity contribution in [3.8, 4) is 0 Å². The average Bonchev–Trinajstić information content (AvgIpc) is 2.84. The average molecular weight is 236 g/mol. The Morgan fingerprint density at radius 1 is 1.69 bits per heavy atom. The Morgan fingerprint density at radius 2 is 2.38 bits per heavy atom. The smallest absolute Gasteiger partial charge is 0.158 e.